The lowest BCUT2D eigenvalue weighted by atomic mass is 10.2. The van der Waals surface area contributed by atoms with Crippen molar-refractivity contribution in [2.24, 2.45) is 5.92 Å². The molecule has 1 heterocycles. The number of nitrogens with one attached hydrogen (secondary N) is 1. The summed E-state index contributed by atoms with van der Waals surface area (Å²) in [5, 5.41) is 2.92. The third-order valence-electron chi connectivity index (χ3n) is 3.13. The maximum Gasteiger partial charge on any atom is 0.242 e. The largest absolute Gasteiger partial charge is 0.369 e. The van der Waals surface area contributed by atoms with Gasteiger partial charge in [-0.05, 0) is 31.0 Å². The number of nitrogens with two attached hydrogens (primary N) is 1. The van der Waals surface area contributed by atoms with Crippen molar-refractivity contribution < 1.29 is 4.79 Å². The van der Waals surface area contributed by atoms with Crippen LogP contribution < -0.4 is 11.1 Å². The van der Waals surface area contributed by atoms with Gasteiger partial charge in [0.15, 0.2) is 0 Å². The Labute approximate surface area is 126 Å². The summed E-state index contributed by atoms with van der Waals surface area (Å²) in [6.45, 7) is 6.60. The van der Waals surface area contributed by atoms with E-state index in [-0.39, 0.29) is 5.91 Å². The van der Waals surface area contributed by atoms with Crippen molar-refractivity contribution in [2.75, 3.05) is 12.3 Å². The van der Waals surface area contributed by atoms with E-state index in [1.54, 1.807) is 4.57 Å². The number of halogens is 1. The second-order valence-corrected chi connectivity index (χ2v) is 6.20. The maximum absolute atomic E-state index is 12.2. The molecule has 6 heteroatoms. The first kappa shape index (κ1) is 14.8. The number of rotatable bonds is 4. The number of carbonyl (C=O) groups is 1. The van der Waals surface area contributed by atoms with Crippen LogP contribution >= 0.6 is 15.9 Å². The molecule has 0 spiro atoms. The van der Waals surface area contributed by atoms with Crippen LogP contribution in [0.3, 0.4) is 0 Å². The SMILES string of the molecule is CC(C)CNC(=O)C(C)n1c(N)nc2ccc(Br)cc21. The van der Waals surface area contributed by atoms with Crippen molar-refractivity contribution >= 4 is 38.8 Å². The van der Waals surface area contributed by atoms with E-state index in [1.807, 2.05) is 25.1 Å². The van der Waals surface area contributed by atoms with Crippen molar-refractivity contribution in [1.82, 2.24) is 14.9 Å². The van der Waals surface area contributed by atoms with E-state index in [2.05, 4.69) is 40.1 Å². The molecule has 108 valence electrons. The Morgan fingerprint density at radius 3 is 2.80 bits per heavy atom. The van der Waals surface area contributed by atoms with Crippen LogP contribution in [0.25, 0.3) is 11.0 Å². The standard InChI is InChI=1S/C14H19BrN4O/c1-8(2)7-17-13(20)9(3)19-12-6-10(15)4-5-11(12)18-14(19)16/h4-6,8-9H,7H2,1-3H3,(H2,16,18)(H,17,20). The number of hydrogen-bond donors (Lipinski definition) is 2. The Kier molecular flexibility index (Phi) is 4.32. The van der Waals surface area contributed by atoms with E-state index in [4.69, 9.17) is 5.73 Å². The summed E-state index contributed by atoms with van der Waals surface area (Å²) in [4.78, 5) is 16.5. The van der Waals surface area contributed by atoms with E-state index in [0.29, 0.717) is 18.4 Å². The number of hydrogen-bond acceptors (Lipinski definition) is 3. The molecular weight excluding hydrogens is 320 g/mol. The lowest BCUT2D eigenvalue weighted by molar-refractivity contribution is -0.123. The molecule has 3 N–H and O–H groups in total. The molecule has 0 aliphatic rings. The fourth-order valence-electron chi connectivity index (χ4n) is 2.06. The van der Waals surface area contributed by atoms with Gasteiger partial charge in [0, 0.05) is 11.0 Å². The monoisotopic (exact) mass is 338 g/mol. The number of aromatic nitrogens is 2. The number of nitrogens with zero attached hydrogens (tertiary/aromatic N) is 2. The molecule has 0 aliphatic heterocycles. The molecule has 20 heavy (non-hydrogen) atoms. The lowest BCUT2D eigenvalue weighted by Gasteiger charge is -2.17. The van der Waals surface area contributed by atoms with Gasteiger partial charge in [0.2, 0.25) is 11.9 Å². The van der Waals surface area contributed by atoms with Crippen LogP contribution in [-0.2, 0) is 4.79 Å². The van der Waals surface area contributed by atoms with Crippen LogP contribution in [0.5, 0.6) is 0 Å². The lowest BCUT2D eigenvalue weighted by Crippen LogP contribution is -2.33. The normalized spacial score (nSPS) is 12.8. The van der Waals surface area contributed by atoms with Crippen molar-refractivity contribution in [2.45, 2.75) is 26.8 Å². The highest BCUT2D eigenvalue weighted by Gasteiger charge is 2.20. The van der Waals surface area contributed by atoms with Crippen LogP contribution in [0.4, 0.5) is 5.95 Å². The first-order valence-electron chi connectivity index (χ1n) is 6.60. The topological polar surface area (TPSA) is 72.9 Å². The van der Waals surface area contributed by atoms with Gasteiger partial charge in [0.1, 0.15) is 6.04 Å². The molecule has 1 aromatic carbocycles. The average molecular weight is 339 g/mol. The third-order valence-corrected chi connectivity index (χ3v) is 3.62. The number of benzene rings is 1. The number of anilines is 1. The highest BCUT2D eigenvalue weighted by Crippen LogP contribution is 2.25. The highest BCUT2D eigenvalue weighted by atomic mass is 79.9. The minimum absolute atomic E-state index is 0.0512. The number of amides is 1. The summed E-state index contributed by atoms with van der Waals surface area (Å²) in [5.74, 6) is 0.715. The Bertz CT molecular complexity index is 635. The Morgan fingerprint density at radius 1 is 1.45 bits per heavy atom. The molecule has 5 nitrogen and oxygen atoms in total. The molecule has 0 bridgehead atoms. The van der Waals surface area contributed by atoms with Gasteiger partial charge in [-0.2, -0.15) is 0 Å². The predicted octanol–water partition coefficient (Wildman–Crippen LogP) is 2.71. The van der Waals surface area contributed by atoms with E-state index in [9.17, 15) is 4.79 Å². The number of carbonyl (C=O) groups excluding carboxylic acids is 1. The fourth-order valence-corrected chi connectivity index (χ4v) is 2.41. The van der Waals surface area contributed by atoms with Gasteiger partial charge in [-0.3, -0.25) is 9.36 Å². The predicted molar refractivity (Wildman–Crippen MR) is 84.4 cm³/mol. The van der Waals surface area contributed by atoms with Crippen LogP contribution in [0.2, 0.25) is 0 Å². The minimum atomic E-state index is -0.395. The van der Waals surface area contributed by atoms with Crippen molar-refractivity contribution in [3.63, 3.8) is 0 Å². The van der Waals surface area contributed by atoms with E-state index in [0.717, 1.165) is 15.5 Å². The Hall–Kier alpha value is -1.56. The van der Waals surface area contributed by atoms with Crippen LogP contribution in [0.15, 0.2) is 22.7 Å². The molecule has 1 atom stereocenters. The van der Waals surface area contributed by atoms with Crippen molar-refractivity contribution in [3.05, 3.63) is 22.7 Å². The summed E-state index contributed by atoms with van der Waals surface area (Å²) in [6.07, 6.45) is 0. The van der Waals surface area contributed by atoms with Gasteiger partial charge in [-0.1, -0.05) is 29.8 Å². The molecule has 0 aliphatic carbocycles. The zero-order valence-corrected chi connectivity index (χ0v) is 13.4. The molecule has 1 amide bonds. The van der Waals surface area contributed by atoms with Crippen LogP contribution in [0.1, 0.15) is 26.8 Å². The first-order chi connectivity index (χ1) is 9.40. The third kappa shape index (κ3) is 2.95. The maximum atomic E-state index is 12.2. The Balaban J connectivity index is 2.34. The molecule has 1 aromatic heterocycles. The second kappa shape index (κ2) is 5.83. The summed E-state index contributed by atoms with van der Waals surface area (Å²) < 4.78 is 2.69. The summed E-state index contributed by atoms with van der Waals surface area (Å²) >= 11 is 3.43. The molecular formula is C14H19BrN4O. The highest BCUT2D eigenvalue weighted by molar-refractivity contribution is 9.10. The van der Waals surface area contributed by atoms with Gasteiger partial charge in [-0.15, -0.1) is 0 Å². The zero-order chi connectivity index (χ0) is 14.9. The van der Waals surface area contributed by atoms with Gasteiger partial charge in [0.25, 0.3) is 0 Å². The van der Waals surface area contributed by atoms with Crippen molar-refractivity contribution in [1.29, 1.82) is 0 Å². The smallest absolute Gasteiger partial charge is 0.242 e. The van der Waals surface area contributed by atoms with Gasteiger partial charge in [0.05, 0.1) is 11.0 Å². The van der Waals surface area contributed by atoms with Crippen LogP contribution in [-0.4, -0.2) is 22.0 Å². The van der Waals surface area contributed by atoms with Crippen LogP contribution in [0, 0.1) is 5.92 Å². The molecule has 0 radical (unpaired) electrons. The quantitative estimate of drug-likeness (QED) is 0.900. The molecule has 2 rings (SSSR count). The average Bonchev–Trinajstić information content (AvgIpc) is 2.70. The van der Waals surface area contributed by atoms with Gasteiger partial charge < -0.3 is 11.1 Å². The number of nitrogen functional groups attached to an aromatic ring is 1. The van der Waals surface area contributed by atoms with Gasteiger partial charge >= 0.3 is 0 Å². The van der Waals surface area contributed by atoms with E-state index in [1.165, 1.54) is 0 Å². The van der Waals surface area contributed by atoms with E-state index >= 15 is 0 Å². The minimum Gasteiger partial charge on any atom is -0.369 e. The first-order valence-corrected chi connectivity index (χ1v) is 7.40. The molecule has 0 saturated carbocycles. The zero-order valence-electron chi connectivity index (χ0n) is 11.9. The van der Waals surface area contributed by atoms with E-state index < -0.39 is 6.04 Å². The molecule has 1 unspecified atom stereocenters. The fraction of sp³-hybridized carbons (Fsp3) is 0.429. The summed E-state index contributed by atoms with van der Waals surface area (Å²) in [5.41, 5.74) is 7.59. The molecule has 2 aromatic rings. The number of fused-ring (bicyclic) bond motifs is 1. The number of imidazole rings is 1. The summed E-state index contributed by atoms with van der Waals surface area (Å²) in [7, 11) is 0. The second-order valence-electron chi connectivity index (χ2n) is 5.29. The van der Waals surface area contributed by atoms with Gasteiger partial charge in [-0.25, -0.2) is 4.98 Å². The molecule has 0 saturated heterocycles. The molecule has 0 fully saturated rings. The Morgan fingerprint density at radius 2 is 2.15 bits per heavy atom. The summed E-state index contributed by atoms with van der Waals surface area (Å²) in [6, 6.07) is 5.31. The van der Waals surface area contributed by atoms with Crippen molar-refractivity contribution in [3.8, 4) is 0 Å².